The number of benzene rings is 1. The van der Waals surface area contributed by atoms with E-state index >= 15 is 0 Å². The van der Waals surface area contributed by atoms with Gasteiger partial charge in [-0.05, 0) is 5.21 Å². The van der Waals surface area contributed by atoms with Crippen LogP contribution in [-0.2, 0) is 19.5 Å². The Labute approximate surface area is 82.1 Å². The van der Waals surface area contributed by atoms with E-state index in [1.807, 2.05) is 30.3 Å². The maximum Gasteiger partial charge on any atom is 0.204 e. The molecule has 1 aromatic heterocycles. The molecule has 0 aliphatic rings. The van der Waals surface area contributed by atoms with Crippen molar-refractivity contribution in [2.75, 3.05) is 0 Å². The van der Waals surface area contributed by atoms with Gasteiger partial charge in [-0.25, -0.2) is 0 Å². The van der Waals surface area contributed by atoms with Crippen LogP contribution in [0, 0.1) is 0 Å². The van der Waals surface area contributed by atoms with Crippen molar-refractivity contribution in [1.29, 1.82) is 0 Å². The molecule has 1 aromatic carbocycles. The van der Waals surface area contributed by atoms with Crippen LogP contribution in [0.25, 0.3) is 11.4 Å². The van der Waals surface area contributed by atoms with E-state index in [0.29, 0.717) is 5.82 Å². The van der Waals surface area contributed by atoms with Crippen LogP contribution in [0.3, 0.4) is 0 Å². The van der Waals surface area contributed by atoms with Crippen LogP contribution in [-0.4, -0.2) is 20.6 Å². The number of aromatic amines is 1. The van der Waals surface area contributed by atoms with Crippen LogP contribution >= 0.6 is 0 Å². The predicted molar refractivity (Wildman–Crippen MR) is 39.6 cm³/mol. The summed E-state index contributed by atoms with van der Waals surface area (Å²) >= 11 is 0. The molecule has 0 bridgehead atoms. The van der Waals surface area contributed by atoms with E-state index in [0.717, 1.165) is 5.56 Å². The summed E-state index contributed by atoms with van der Waals surface area (Å²) in [6, 6.07) is 9.69. The molecular formula is C7H6N4Zn. The van der Waals surface area contributed by atoms with Gasteiger partial charge in [0.25, 0.3) is 0 Å². The molecule has 12 heavy (non-hydrogen) atoms. The molecule has 4 nitrogen and oxygen atoms in total. The zero-order valence-electron chi connectivity index (χ0n) is 6.44. The van der Waals surface area contributed by atoms with E-state index in [9.17, 15) is 0 Å². The van der Waals surface area contributed by atoms with E-state index < -0.39 is 0 Å². The maximum absolute atomic E-state index is 3.84. The molecule has 0 spiro atoms. The van der Waals surface area contributed by atoms with Gasteiger partial charge in [-0.2, -0.15) is 5.21 Å². The molecule has 0 atom stereocenters. The second kappa shape index (κ2) is 4.07. The first-order valence-corrected chi connectivity index (χ1v) is 3.26. The fourth-order valence-corrected chi connectivity index (χ4v) is 0.871. The summed E-state index contributed by atoms with van der Waals surface area (Å²) in [4.78, 5) is 0. The summed E-state index contributed by atoms with van der Waals surface area (Å²) < 4.78 is 0. The van der Waals surface area contributed by atoms with Gasteiger partial charge in [0.2, 0.25) is 5.82 Å². The molecule has 5 heteroatoms. The normalized spacial score (nSPS) is 9.00. The fraction of sp³-hybridized carbons (Fsp3) is 0. The van der Waals surface area contributed by atoms with Crippen LogP contribution in [0.5, 0.6) is 0 Å². The minimum Gasteiger partial charge on any atom is -0.177 e. The topological polar surface area (TPSA) is 54.5 Å². The molecular weight excluding hydrogens is 205 g/mol. The number of H-pyrrole nitrogens is 1. The zero-order valence-corrected chi connectivity index (χ0v) is 9.40. The number of nitrogens with one attached hydrogen (secondary N) is 1. The van der Waals surface area contributed by atoms with Crippen LogP contribution < -0.4 is 0 Å². The third-order valence-electron chi connectivity index (χ3n) is 1.38. The Morgan fingerprint density at radius 2 is 1.83 bits per heavy atom. The Morgan fingerprint density at radius 3 is 2.42 bits per heavy atom. The Kier molecular flexibility index (Phi) is 3.05. The van der Waals surface area contributed by atoms with Gasteiger partial charge >= 0.3 is 0 Å². The molecule has 0 radical (unpaired) electrons. The summed E-state index contributed by atoms with van der Waals surface area (Å²) in [6.45, 7) is 0. The summed E-state index contributed by atoms with van der Waals surface area (Å²) in [5.74, 6) is 0.630. The van der Waals surface area contributed by atoms with Crippen molar-refractivity contribution in [3.05, 3.63) is 30.3 Å². The number of rotatable bonds is 1. The number of tetrazole rings is 1. The quantitative estimate of drug-likeness (QED) is 0.712. The SMILES string of the molecule is [Zn].c1ccc(-c2nn[nH]n2)cc1. The second-order valence-corrected chi connectivity index (χ2v) is 2.10. The van der Waals surface area contributed by atoms with Crippen molar-refractivity contribution in [2.24, 2.45) is 0 Å². The first-order valence-electron chi connectivity index (χ1n) is 3.26. The molecule has 0 unspecified atom stereocenters. The summed E-state index contributed by atoms with van der Waals surface area (Å²) in [5.41, 5.74) is 0.973. The summed E-state index contributed by atoms with van der Waals surface area (Å²) in [6.07, 6.45) is 0. The van der Waals surface area contributed by atoms with Crippen molar-refractivity contribution < 1.29 is 19.5 Å². The predicted octanol–water partition coefficient (Wildman–Crippen LogP) is 0.864. The van der Waals surface area contributed by atoms with Gasteiger partial charge in [0.15, 0.2) is 0 Å². The molecule has 1 heterocycles. The van der Waals surface area contributed by atoms with Gasteiger partial charge in [-0.1, -0.05) is 30.3 Å². The Hall–Kier alpha value is -1.09. The number of nitrogens with zero attached hydrogens (tertiary/aromatic N) is 3. The van der Waals surface area contributed by atoms with Crippen molar-refractivity contribution in [2.45, 2.75) is 0 Å². The molecule has 2 aromatic rings. The van der Waals surface area contributed by atoms with E-state index in [4.69, 9.17) is 0 Å². The number of hydrogen-bond donors (Lipinski definition) is 1. The van der Waals surface area contributed by atoms with Gasteiger partial charge < -0.3 is 0 Å². The van der Waals surface area contributed by atoms with E-state index in [1.54, 1.807) is 0 Å². The van der Waals surface area contributed by atoms with E-state index in [2.05, 4.69) is 20.6 Å². The smallest absolute Gasteiger partial charge is 0.177 e. The molecule has 2 rings (SSSR count). The second-order valence-electron chi connectivity index (χ2n) is 2.10. The van der Waals surface area contributed by atoms with Crippen molar-refractivity contribution >= 4 is 0 Å². The van der Waals surface area contributed by atoms with Gasteiger partial charge in [0.05, 0.1) is 0 Å². The zero-order chi connectivity index (χ0) is 7.52. The fourth-order valence-electron chi connectivity index (χ4n) is 0.871. The van der Waals surface area contributed by atoms with Gasteiger partial charge in [0, 0.05) is 25.0 Å². The molecule has 56 valence electrons. The summed E-state index contributed by atoms with van der Waals surface area (Å²) in [7, 11) is 0. The standard InChI is InChI=1S/C7H6N4.Zn/c1-2-4-6(5-3-1)7-8-10-11-9-7;/h1-5H,(H,8,9,10,11);. The third-order valence-corrected chi connectivity index (χ3v) is 1.38. The van der Waals surface area contributed by atoms with Gasteiger partial charge in [-0.15, -0.1) is 10.2 Å². The minimum absolute atomic E-state index is 0. The van der Waals surface area contributed by atoms with Crippen molar-refractivity contribution in [3.8, 4) is 11.4 Å². The number of hydrogen-bond acceptors (Lipinski definition) is 3. The molecule has 0 saturated heterocycles. The van der Waals surface area contributed by atoms with Crippen LogP contribution in [0.4, 0.5) is 0 Å². The molecule has 0 aliphatic carbocycles. The first kappa shape index (κ1) is 9.01. The average Bonchev–Trinajstić information content (AvgIpc) is 2.58. The van der Waals surface area contributed by atoms with Crippen molar-refractivity contribution in [3.63, 3.8) is 0 Å². The Bertz CT molecular complexity index is 318. The maximum atomic E-state index is 3.84. The van der Waals surface area contributed by atoms with Crippen LogP contribution in [0.15, 0.2) is 30.3 Å². The van der Waals surface area contributed by atoms with E-state index in [1.165, 1.54) is 0 Å². The molecule has 0 fully saturated rings. The molecule has 0 amide bonds. The van der Waals surface area contributed by atoms with Gasteiger partial charge in [0.1, 0.15) is 0 Å². The van der Waals surface area contributed by atoms with Crippen LogP contribution in [0.2, 0.25) is 0 Å². The largest absolute Gasteiger partial charge is 0.204 e. The Balaban J connectivity index is 0.000000720. The number of aromatic nitrogens is 4. The van der Waals surface area contributed by atoms with Crippen LogP contribution in [0.1, 0.15) is 0 Å². The summed E-state index contributed by atoms with van der Waals surface area (Å²) in [5, 5.41) is 13.5. The monoisotopic (exact) mass is 210 g/mol. The van der Waals surface area contributed by atoms with Crippen molar-refractivity contribution in [1.82, 2.24) is 20.6 Å². The minimum atomic E-state index is 0. The van der Waals surface area contributed by atoms with Gasteiger partial charge in [-0.3, -0.25) is 0 Å². The Morgan fingerprint density at radius 1 is 1.08 bits per heavy atom. The average molecular weight is 212 g/mol. The molecule has 0 saturated carbocycles. The van der Waals surface area contributed by atoms with E-state index in [-0.39, 0.29) is 19.5 Å². The third kappa shape index (κ3) is 1.74. The molecule has 1 N–H and O–H groups in total. The first-order chi connectivity index (χ1) is 5.47. The molecule has 0 aliphatic heterocycles.